The minimum Gasteiger partial charge on any atom is -0.355 e. The van der Waals surface area contributed by atoms with Gasteiger partial charge in [-0.2, -0.15) is 0 Å². The summed E-state index contributed by atoms with van der Waals surface area (Å²) in [6.07, 6.45) is 0. The topological polar surface area (TPSA) is 75.3 Å². The van der Waals surface area contributed by atoms with E-state index in [1.165, 1.54) is 13.1 Å². The number of benzene rings is 2. The van der Waals surface area contributed by atoms with Crippen molar-refractivity contribution < 1.29 is 13.2 Å². The summed E-state index contributed by atoms with van der Waals surface area (Å²) in [5.74, 6) is -0.271. The van der Waals surface area contributed by atoms with Gasteiger partial charge >= 0.3 is 0 Å². The van der Waals surface area contributed by atoms with Crippen LogP contribution in [0.4, 0.5) is 5.69 Å². The zero-order valence-corrected chi connectivity index (χ0v) is 12.6. The number of hydrogen-bond acceptors (Lipinski definition) is 3. The lowest BCUT2D eigenvalue weighted by Gasteiger charge is -2.11. The van der Waals surface area contributed by atoms with Gasteiger partial charge in [-0.3, -0.25) is 9.52 Å². The number of amides is 1. The quantitative estimate of drug-likeness (QED) is 0.909. The molecule has 110 valence electrons. The molecule has 2 aromatic rings. The fourth-order valence-corrected chi connectivity index (χ4v) is 3.23. The molecular weight excluding hydrogens is 288 g/mol. The van der Waals surface area contributed by atoms with E-state index in [4.69, 9.17) is 0 Å². The SMILES string of the molecule is CNC(=O)c1cccc(NS(=O)(=O)c2ccccc2C)c1. The Kier molecular flexibility index (Phi) is 4.28. The molecule has 0 saturated carbocycles. The van der Waals surface area contributed by atoms with Crippen LogP contribution in [0.1, 0.15) is 15.9 Å². The first-order valence-electron chi connectivity index (χ1n) is 6.34. The number of aryl methyl sites for hydroxylation is 1. The Morgan fingerprint density at radius 3 is 2.43 bits per heavy atom. The van der Waals surface area contributed by atoms with Gasteiger partial charge in [0.1, 0.15) is 0 Å². The summed E-state index contributed by atoms with van der Waals surface area (Å²) in [6.45, 7) is 1.73. The van der Waals surface area contributed by atoms with E-state index in [0.29, 0.717) is 16.8 Å². The van der Waals surface area contributed by atoms with Crippen molar-refractivity contribution in [3.63, 3.8) is 0 Å². The molecule has 0 atom stereocenters. The highest BCUT2D eigenvalue weighted by atomic mass is 32.2. The van der Waals surface area contributed by atoms with Gasteiger partial charge in [-0.15, -0.1) is 0 Å². The van der Waals surface area contributed by atoms with Crippen LogP contribution in [0.3, 0.4) is 0 Å². The number of carbonyl (C=O) groups excluding carboxylic acids is 1. The van der Waals surface area contributed by atoms with Crippen molar-refractivity contribution in [2.75, 3.05) is 11.8 Å². The maximum atomic E-state index is 12.4. The molecule has 0 unspecified atom stereocenters. The third-order valence-electron chi connectivity index (χ3n) is 2.99. The van der Waals surface area contributed by atoms with Crippen LogP contribution < -0.4 is 10.0 Å². The third-order valence-corrected chi connectivity index (χ3v) is 4.53. The second-order valence-corrected chi connectivity index (χ2v) is 6.18. The zero-order chi connectivity index (χ0) is 15.5. The Hall–Kier alpha value is -2.34. The number of sulfonamides is 1. The first-order valence-corrected chi connectivity index (χ1v) is 7.83. The van der Waals surface area contributed by atoms with Crippen LogP contribution in [0, 0.1) is 6.92 Å². The van der Waals surface area contributed by atoms with E-state index in [0.717, 1.165) is 0 Å². The van der Waals surface area contributed by atoms with Crippen LogP contribution in [0.25, 0.3) is 0 Å². The highest BCUT2D eigenvalue weighted by molar-refractivity contribution is 7.92. The largest absolute Gasteiger partial charge is 0.355 e. The summed E-state index contributed by atoms with van der Waals surface area (Å²) in [6, 6.07) is 13.1. The van der Waals surface area contributed by atoms with E-state index in [1.807, 2.05) is 0 Å². The average Bonchev–Trinajstić information content (AvgIpc) is 2.46. The van der Waals surface area contributed by atoms with Crippen LogP contribution in [-0.4, -0.2) is 21.4 Å². The van der Waals surface area contributed by atoms with E-state index in [9.17, 15) is 13.2 Å². The number of nitrogens with one attached hydrogen (secondary N) is 2. The number of rotatable bonds is 4. The van der Waals surface area contributed by atoms with Gasteiger partial charge in [-0.1, -0.05) is 24.3 Å². The average molecular weight is 304 g/mol. The van der Waals surface area contributed by atoms with Crippen LogP contribution in [-0.2, 0) is 10.0 Å². The van der Waals surface area contributed by atoms with Gasteiger partial charge in [-0.25, -0.2) is 8.42 Å². The van der Waals surface area contributed by atoms with Crippen molar-refractivity contribution in [1.82, 2.24) is 5.32 Å². The summed E-state index contributed by atoms with van der Waals surface area (Å²) in [7, 11) is -2.15. The second kappa shape index (κ2) is 5.97. The molecule has 0 aliphatic rings. The smallest absolute Gasteiger partial charge is 0.262 e. The second-order valence-electron chi connectivity index (χ2n) is 4.53. The summed E-state index contributed by atoms with van der Waals surface area (Å²) >= 11 is 0. The molecule has 21 heavy (non-hydrogen) atoms. The summed E-state index contributed by atoms with van der Waals surface area (Å²) in [5.41, 5.74) is 1.40. The van der Waals surface area contributed by atoms with Crippen molar-refractivity contribution in [2.24, 2.45) is 0 Å². The normalized spacial score (nSPS) is 11.0. The van der Waals surface area contributed by atoms with Crippen molar-refractivity contribution >= 4 is 21.6 Å². The molecule has 0 spiro atoms. The van der Waals surface area contributed by atoms with E-state index in [1.54, 1.807) is 49.4 Å². The Bertz CT molecular complexity index is 770. The molecule has 0 aliphatic carbocycles. The van der Waals surface area contributed by atoms with Gasteiger partial charge < -0.3 is 5.32 Å². The van der Waals surface area contributed by atoms with Crippen LogP contribution in [0.2, 0.25) is 0 Å². The first kappa shape index (κ1) is 15.1. The molecule has 2 aromatic carbocycles. The number of anilines is 1. The van der Waals surface area contributed by atoms with Gasteiger partial charge in [0.2, 0.25) is 0 Å². The predicted octanol–water partition coefficient (Wildman–Crippen LogP) is 2.16. The molecule has 0 heterocycles. The fraction of sp³-hybridized carbons (Fsp3) is 0.133. The van der Waals surface area contributed by atoms with Gasteiger partial charge in [0, 0.05) is 18.3 Å². The molecule has 0 bridgehead atoms. The molecule has 0 aromatic heterocycles. The Labute approximate surface area is 124 Å². The Balaban J connectivity index is 2.34. The number of hydrogen-bond donors (Lipinski definition) is 2. The van der Waals surface area contributed by atoms with E-state index in [2.05, 4.69) is 10.0 Å². The van der Waals surface area contributed by atoms with Gasteiger partial charge in [0.25, 0.3) is 15.9 Å². The minimum atomic E-state index is -3.67. The van der Waals surface area contributed by atoms with Crippen LogP contribution in [0.5, 0.6) is 0 Å². The third kappa shape index (κ3) is 3.41. The fourth-order valence-electron chi connectivity index (χ4n) is 1.94. The standard InChI is InChI=1S/C15H16N2O3S/c1-11-6-3-4-9-14(11)21(19,20)17-13-8-5-7-12(10-13)15(18)16-2/h3-10,17H,1-2H3,(H,16,18). The maximum Gasteiger partial charge on any atom is 0.262 e. The molecule has 0 fully saturated rings. The lowest BCUT2D eigenvalue weighted by Crippen LogP contribution is -2.18. The summed E-state index contributed by atoms with van der Waals surface area (Å²) < 4.78 is 27.2. The van der Waals surface area contributed by atoms with Crippen molar-refractivity contribution in [3.05, 3.63) is 59.7 Å². The summed E-state index contributed by atoms with van der Waals surface area (Å²) in [4.78, 5) is 11.8. The van der Waals surface area contributed by atoms with Gasteiger partial charge in [-0.05, 0) is 36.8 Å². The highest BCUT2D eigenvalue weighted by Gasteiger charge is 2.16. The molecule has 0 saturated heterocycles. The molecule has 5 nitrogen and oxygen atoms in total. The highest BCUT2D eigenvalue weighted by Crippen LogP contribution is 2.19. The molecule has 2 N–H and O–H groups in total. The number of carbonyl (C=O) groups is 1. The Morgan fingerprint density at radius 2 is 1.76 bits per heavy atom. The van der Waals surface area contributed by atoms with E-state index in [-0.39, 0.29) is 10.8 Å². The molecule has 6 heteroatoms. The lowest BCUT2D eigenvalue weighted by atomic mass is 10.2. The molecule has 0 aliphatic heterocycles. The van der Waals surface area contributed by atoms with E-state index < -0.39 is 10.0 Å². The molecule has 0 radical (unpaired) electrons. The predicted molar refractivity (Wildman–Crippen MR) is 81.8 cm³/mol. The van der Waals surface area contributed by atoms with Crippen LogP contribution >= 0.6 is 0 Å². The monoisotopic (exact) mass is 304 g/mol. The van der Waals surface area contributed by atoms with Crippen molar-refractivity contribution in [2.45, 2.75) is 11.8 Å². The van der Waals surface area contributed by atoms with E-state index >= 15 is 0 Å². The first-order chi connectivity index (χ1) is 9.94. The zero-order valence-electron chi connectivity index (χ0n) is 11.8. The molecular formula is C15H16N2O3S. The van der Waals surface area contributed by atoms with Crippen molar-refractivity contribution in [1.29, 1.82) is 0 Å². The van der Waals surface area contributed by atoms with Crippen molar-refractivity contribution in [3.8, 4) is 0 Å². The maximum absolute atomic E-state index is 12.4. The molecule has 2 rings (SSSR count). The minimum absolute atomic E-state index is 0.218. The lowest BCUT2D eigenvalue weighted by molar-refractivity contribution is 0.0963. The molecule has 1 amide bonds. The Morgan fingerprint density at radius 1 is 1.05 bits per heavy atom. The van der Waals surface area contributed by atoms with Crippen LogP contribution in [0.15, 0.2) is 53.4 Å². The van der Waals surface area contributed by atoms with Gasteiger partial charge in [0.15, 0.2) is 0 Å². The van der Waals surface area contributed by atoms with Gasteiger partial charge in [0.05, 0.1) is 4.90 Å². The summed E-state index contributed by atoms with van der Waals surface area (Å²) in [5, 5.41) is 2.50.